The van der Waals surface area contributed by atoms with Gasteiger partial charge in [0.1, 0.15) is 0 Å². The average molecular weight is 229 g/mol. The van der Waals surface area contributed by atoms with Crippen molar-refractivity contribution in [1.29, 1.82) is 0 Å². The summed E-state index contributed by atoms with van der Waals surface area (Å²) in [5.74, 6) is -0.804. The van der Waals surface area contributed by atoms with E-state index in [-0.39, 0.29) is 5.78 Å². The lowest BCUT2D eigenvalue weighted by Gasteiger charge is -2.16. The van der Waals surface area contributed by atoms with Crippen molar-refractivity contribution in [2.75, 3.05) is 11.4 Å². The quantitative estimate of drug-likeness (QED) is 0.577. The van der Waals surface area contributed by atoms with Crippen LogP contribution in [0.3, 0.4) is 0 Å². The molecule has 1 aromatic rings. The highest BCUT2D eigenvalue weighted by atomic mass is 16.2. The Balaban J connectivity index is 2.59. The molecule has 0 aromatic heterocycles. The highest BCUT2D eigenvalue weighted by Gasteiger charge is 2.37. The molecule has 0 unspecified atom stereocenters. The summed E-state index contributed by atoms with van der Waals surface area (Å²) in [6.45, 7) is 6.14. The minimum atomic E-state index is -0.421. The Morgan fingerprint density at radius 2 is 1.82 bits per heavy atom. The summed E-state index contributed by atoms with van der Waals surface area (Å²) in [5, 5.41) is 0. The second-order valence-electron chi connectivity index (χ2n) is 4.24. The summed E-state index contributed by atoms with van der Waals surface area (Å²) in [6.07, 6.45) is 3.75. The third kappa shape index (κ3) is 1.68. The number of ketones is 1. The normalized spacial score (nSPS) is 14.9. The maximum Gasteiger partial charge on any atom is 0.299 e. The number of carbonyl (C=O) groups is 2. The molecule has 0 spiro atoms. The maximum atomic E-state index is 11.9. The molecule has 0 aliphatic carbocycles. The van der Waals surface area contributed by atoms with Crippen molar-refractivity contribution in [2.24, 2.45) is 0 Å². The van der Waals surface area contributed by atoms with E-state index in [1.54, 1.807) is 4.90 Å². The summed E-state index contributed by atoms with van der Waals surface area (Å²) in [7, 11) is 0. The number of rotatable bonds is 2. The largest absolute Gasteiger partial charge is 0.301 e. The van der Waals surface area contributed by atoms with Crippen LogP contribution in [0.4, 0.5) is 5.69 Å². The average Bonchev–Trinajstić information content (AvgIpc) is 2.56. The molecule has 1 aromatic carbocycles. The summed E-state index contributed by atoms with van der Waals surface area (Å²) >= 11 is 0. The van der Waals surface area contributed by atoms with Gasteiger partial charge in [0.15, 0.2) is 0 Å². The fourth-order valence-electron chi connectivity index (χ4n) is 2.15. The van der Waals surface area contributed by atoms with Crippen molar-refractivity contribution >= 4 is 17.4 Å². The topological polar surface area (TPSA) is 37.4 Å². The molecule has 17 heavy (non-hydrogen) atoms. The van der Waals surface area contributed by atoms with Gasteiger partial charge in [0.05, 0.1) is 11.3 Å². The summed E-state index contributed by atoms with van der Waals surface area (Å²) in [4.78, 5) is 25.4. The van der Waals surface area contributed by atoms with Crippen LogP contribution in [0.5, 0.6) is 0 Å². The molecule has 88 valence electrons. The van der Waals surface area contributed by atoms with E-state index in [0.29, 0.717) is 12.1 Å². The Morgan fingerprint density at radius 1 is 1.18 bits per heavy atom. The number of hydrogen-bond donors (Lipinski definition) is 0. The van der Waals surface area contributed by atoms with Gasteiger partial charge in [-0.2, -0.15) is 0 Å². The number of amides is 1. The number of anilines is 1. The first-order valence-corrected chi connectivity index (χ1v) is 5.65. The van der Waals surface area contributed by atoms with Crippen LogP contribution < -0.4 is 4.90 Å². The zero-order chi connectivity index (χ0) is 12.6. The van der Waals surface area contributed by atoms with Crippen LogP contribution in [-0.4, -0.2) is 18.2 Å². The molecule has 0 bridgehead atoms. The number of nitrogens with zero attached hydrogens (tertiary/aromatic N) is 1. The number of Topliss-reactive ketones (excluding diaryl/α,β-unsaturated/α-hetero) is 1. The standard InChI is InChI=1S/C14H15NO2/c1-4-5-8-15-12-10(3)7-6-9(2)11(12)13(16)14(15)17/h4-7H,8H2,1-3H3/b5-4+. The predicted octanol–water partition coefficient (Wildman–Crippen LogP) is 2.41. The fraction of sp³-hybridized carbons (Fsp3) is 0.286. The van der Waals surface area contributed by atoms with E-state index in [1.165, 1.54) is 0 Å². The highest BCUT2D eigenvalue weighted by molar-refractivity contribution is 6.52. The van der Waals surface area contributed by atoms with Gasteiger partial charge in [-0.15, -0.1) is 0 Å². The second-order valence-corrected chi connectivity index (χ2v) is 4.24. The van der Waals surface area contributed by atoms with E-state index in [2.05, 4.69) is 0 Å². The number of allylic oxidation sites excluding steroid dienone is 1. The smallest absolute Gasteiger partial charge is 0.299 e. The molecule has 0 atom stereocenters. The number of benzene rings is 1. The first-order chi connectivity index (χ1) is 8.07. The van der Waals surface area contributed by atoms with Crippen LogP contribution in [0.15, 0.2) is 24.3 Å². The third-order valence-electron chi connectivity index (χ3n) is 3.05. The van der Waals surface area contributed by atoms with Gasteiger partial charge in [-0.3, -0.25) is 9.59 Å². The van der Waals surface area contributed by atoms with Gasteiger partial charge in [-0.05, 0) is 31.9 Å². The lowest BCUT2D eigenvalue weighted by molar-refractivity contribution is -0.114. The molecule has 1 heterocycles. The summed E-state index contributed by atoms with van der Waals surface area (Å²) in [5.41, 5.74) is 3.18. The van der Waals surface area contributed by atoms with Gasteiger partial charge in [0, 0.05) is 6.54 Å². The molecular formula is C14H15NO2. The van der Waals surface area contributed by atoms with Gasteiger partial charge in [-0.1, -0.05) is 24.3 Å². The van der Waals surface area contributed by atoms with Crippen molar-refractivity contribution < 1.29 is 9.59 Å². The number of fused-ring (bicyclic) bond motifs is 1. The van der Waals surface area contributed by atoms with Crippen LogP contribution >= 0.6 is 0 Å². The first-order valence-electron chi connectivity index (χ1n) is 5.65. The van der Waals surface area contributed by atoms with Crippen molar-refractivity contribution in [3.8, 4) is 0 Å². The Hall–Kier alpha value is -1.90. The van der Waals surface area contributed by atoms with E-state index in [9.17, 15) is 9.59 Å². The zero-order valence-electron chi connectivity index (χ0n) is 10.3. The predicted molar refractivity (Wildman–Crippen MR) is 67.4 cm³/mol. The monoisotopic (exact) mass is 229 g/mol. The second kappa shape index (κ2) is 4.17. The zero-order valence-corrected chi connectivity index (χ0v) is 10.3. The minimum absolute atomic E-state index is 0.384. The Labute approximate surface area is 101 Å². The molecule has 3 heteroatoms. The van der Waals surface area contributed by atoms with Crippen LogP contribution in [0.25, 0.3) is 0 Å². The van der Waals surface area contributed by atoms with E-state index in [1.807, 2.05) is 45.1 Å². The van der Waals surface area contributed by atoms with E-state index in [4.69, 9.17) is 0 Å². The van der Waals surface area contributed by atoms with Crippen molar-refractivity contribution in [3.05, 3.63) is 41.0 Å². The summed E-state index contributed by atoms with van der Waals surface area (Å²) < 4.78 is 0. The van der Waals surface area contributed by atoms with E-state index >= 15 is 0 Å². The summed E-state index contributed by atoms with van der Waals surface area (Å²) in [6, 6.07) is 3.83. The highest BCUT2D eigenvalue weighted by Crippen LogP contribution is 2.34. The molecule has 0 fully saturated rings. The molecular weight excluding hydrogens is 214 g/mol. The van der Waals surface area contributed by atoms with Crippen molar-refractivity contribution in [1.82, 2.24) is 0 Å². The van der Waals surface area contributed by atoms with E-state index < -0.39 is 5.91 Å². The lowest BCUT2D eigenvalue weighted by atomic mass is 10.0. The van der Waals surface area contributed by atoms with Crippen LogP contribution in [-0.2, 0) is 4.79 Å². The Bertz CT molecular complexity index is 529. The third-order valence-corrected chi connectivity index (χ3v) is 3.05. The first kappa shape index (κ1) is 11.6. The molecule has 3 nitrogen and oxygen atoms in total. The maximum absolute atomic E-state index is 11.9. The Morgan fingerprint density at radius 3 is 2.47 bits per heavy atom. The number of hydrogen-bond acceptors (Lipinski definition) is 2. The van der Waals surface area contributed by atoms with Crippen molar-refractivity contribution in [3.63, 3.8) is 0 Å². The molecule has 0 N–H and O–H groups in total. The Kier molecular flexibility index (Phi) is 2.84. The van der Waals surface area contributed by atoms with Crippen LogP contribution in [0.1, 0.15) is 28.4 Å². The van der Waals surface area contributed by atoms with Gasteiger partial charge in [0.2, 0.25) is 0 Å². The van der Waals surface area contributed by atoms with Gasteiger partial charge < -0.3 is 4.90 Å². The minimum Gasteiger partial charge on any atom is -0.301 e. The molecule has 1 amide bonds. The van der Waals surface area contributed by atoms with E-state index in [0.717, 1.165) is 16.8 Å². The molecule has 0 saturated heterocycles. The SMILES string of the molecule is C/C=C/CN1C(=O)C(=O)c2c(C)ccc(C)c21. The molecule has 0 radical (unpaired) electrons. The number of aryl methyl sites for hydroxylation is 2. The van der Waals surface area contributed by atoms with Crippen LogP contribution in [0, 0.1) is 13.8 Å². The molecule has 0 saturated carbocycles. The molecule has 2 rings (SSSR count). The van der Waals surface area contributed by atoms with Crippen LogP contribution in [0.2, 0.25) is 0 Å². The fourth-order valence-corrected chi connectivity index (χ4v) is 2.15. The molecule has 1 aliphatic heterocycles. The molecule has 1 aliphatic rings. The van der Waals surface area contributed by atoms with Crippen molar-refractivity contribution in [2.45, 2.75) is 20.8 Å². The lowest BCUT2D eigenvalue weighted by Crippen LogP contribution is -2.30. The van der Waals surface area contributed by atoms with Gasteiger partial charge in [-0.25, -0.2) is 0 Å². The van der Waals surface area contributed by atoms with Gasteiger partial charge in [0.25, 0.3) is 11.7 Å². The number of carbonyl (C=O) groups excluding carboxylic acids is 2. The van der Waals surface area contributed by atoms with Gasteiger partial charge >= 0.3 is 0 Å².